The Labute approximate surface area is 77.5 Å². The van der Waals surface area contributed by atoms with Crippen LogP contribution < -0.4 is 0 Å². The Balaban J connectivity index is 0. The van der Waals surface area contributed by atoms with Crippen molar-refractivity contribution in [3.8, 4) is 0 Å². The molecule has 0 nitrogen and oxygen atoms in total. The maximum atomic E-state index is 2.36. The van der Waals surface area contributed by atoms with E-state index in [-0.39, 0.29) is 45.7 Å². The molecule has 50 valence electrons. The van der Waals surface area contributed by atoms with Crippen LogP contribution in [-0.4, -0.2) is 8.80 Å². The second-order valence-corrected chi connectivity index (χ2v) is 4.87. The first kappa shape index (κ1) is 11.3. The molecule has 0 spiro atoms. The summed E-state index contributed by atoms with van der Waals surface area (Å²) >= 11 is 0. The Bertz CT molecular complexity index is 29.3. The van der Waals surface area contributed by atoms with Gasteiger partial charge in [-0.2, -0.15) is 0 Å². The standard InChI is InChI=1S/C5H13Si.Tm/c1-4-5-6(2)3;/h4-5H2,1-3H3;. The largest absolute Gasteiger partial charge is 0.0713 e. The number of hydrogen-bond acceptors (Lipinski definition) is 0. The fourth-order valence-corrected chi connectivity index (χ4v) is 1.50. The van der Waals surface area contributed by atoms with E-state index >= 15 is 0 Å². The summed E-state index contributed by atoms with van der Waals surface area (Å²) in [5.41, 5.74) is 0. The molecule has 0 saturated carbocycles. The van der Waals surface area contributed by atoms with Crippen LogP contribution in [0.4, 0.5) is 0 Å². The number of hydrogen-bond donors (Lipinski definition) is 0. The maximum Gasteiger partial charge on any atom is 0.0412 e. The summed E-state index contributed by atoms with van der Waals surface area (Å²) in [5.74, 6) is 0. The predicted molar refractivity (Wildman–Crippen MR) is 32.6 cm³/mol. The van der Waals surface area contributed by atoms with Gasteiger partial charge in [-0.3, -0.25) is 0 Å². The molecule has 0 aliphatic heterocycles. The van der Waals surface area contributed by atoms with Crippen LogP contribution in [0, 0.1) is 36.9 Å². The van der Waals surface area contributed by atoms with Gasteiger partial charge in [-0.25, -0.2) is 0 Å². The summed E-state index contributed by atoms with van der Waals surface area (Å²) in [6, 6.07) is 1.48. The Morgan fingerprint density at radius 1 is 1.29 bits per heavy atom. The molecule has 0 rings (SSSR count). The Kier molecular flexibility index (Phi) is 12.0. The second-order valence-electron chi connectivity index (χ2n) is 1.96. The zero-order chi connectivity index (χ0) is 4.99. The van der Waals surface area contributed by atoms with E-state index in [0.717, 1.165) is 0 Å². The minimum absolute atomic E-state index is 0. The van der Waals surface area contributed by atoms with Gasteiger partial charge in [0.1, 0.15) is 0 Å². The van der Waals surface area contributed by atoms with Gasteiger partial charge in [-0.15, -0.1) is 0 Å². The van der Waals surface area contributed by atoms with Crippen LogP contribution in [0.15, 0.2) is 0 Å². The molecular formula is C5H13SiTm. The first-order valence-corrected chi connectivity index (χ1v) is 5.27. The fourth-order valence-electron chi connectivity index (χ4n) is 0.500. The van der Waals surface area contributed by atoms with Crippen molar-refractivity contribution in [2.75, 3.05) is 0 Å². The van der Waals surface area contributed by atoms with E-state index in [1.54, 1.807) is 0 Å². The van der Waals surface area contributed by atoms with Crippen molar-refractivity contribution in [2.45, 2.75) is 32.5 Å². The average molecular weight is 270 g/mol. The first-order chi connectivity index (χ1) is 2.77. The van der Waals surface area contributed by atoms with E-state index in [1.165, 1.54) is 12.5 Å². The normalized spacial score (nSPS) is 8.57. The van der Waals surface area contributed by atoms with Crippen molar-refractivity contribution in [3.63, 3.8) is 0 Å². The van der Waals surface area contributed by atoms with E-state index in [9.17, 15) is 0 Å². The van der Waals surface area contributed by atoms with Gasteiger partial charge in [-0.1, -0.05) is 32.5 Å². The second kappa shape index (κ2) is 7.45. The van der Waals surface area contributed by atoms with Gasteiger partial charge in [0.2, 0.25) is 0 Å². The average Bonchev–Trinajstić information content (AvgIpc) is 1.35. The quantitative estimate of drug-likeness (QED) is 0.674. The van der Waals surface area contributed by atoms with Gasteiger partial charge in [-0.05, 0) is 0 Å². The van der Waals surface area contributed by atoms with Crippen molar-refractivity contribution in [1.29, 1.82) is 0 Å². The molecule has 0 bridgehead atoms. The third-order valence-electron chi connectivity index (χ3n) is 0.750. The van der Waals surface area contributed by atoms with Crippen LogP contribution in [0.5, 0.6) is 0 Å². The minimum atomic E-state index is 0. The van der Waals surface area contributed by atoms with Gasteiger partial charge < -0.3 is 0 Å². The third kappa shape index (κ3) is 11.2. The Morgan fingerprint density at radius 2 is 1.71 bits per heavy atom. The molecule has 0 saturated heterocycles. The molecule has 2 heteroatoms. The molecule has 0 N–H and O–H groups in total. The van der Waals surface area contributed by atoms with Crippen LogP contribution in [0.25, 0.3) is 0 Å². The number of rotatable bonds is 2. The summed E-state index contributed by atoms with van der Waals surface area (Å²) in [4.78, 5) is 0. The molecule has 0 aromatic heterocycles. The minimum Gasteiger partial charge on any atom is -0.0713 e. The van der Waals surface area contributed by atoms with Crippen molar-refractivity contribution in [1.82, 2.24) is 0 Å². The van der Waals surface area contributed by atoms with Gasteiger partial charge in [0.05, 0.1) is 0 Å². The molecular weight excluding hydrogens is 257 g/mol. The molecule has 2 radical (unpaired) electrons. The van der Waals surface area contributed by atoms with Gasteiger partial charge in [0.15, 0.2) is 0 Å². The molecule has 0 aromatic carbocycles. The van der Waals surface area contributed by atoms with Crippen LogP contribution in [-0.2, 0) is 0 Å². The van der Waals surface area contributed by atoms with Crippen LogP contribution in [0.3, 0.4) is 0 Å². The zero-order valence-corrected chi connectivity index (χ0v) is 7.97. The summed E-state index contributed by atoms with van der Waals surface area (Å²) in [6.45, 7) is 6.96. The third-order valence-corrected chi connectivity index (χ3v) is 2.25. The van der Waals surface area contributed by atoms with Gasteiger partial charge in [0, 0.05) is 45.7 Å². The van der Waals surface area contributed by atoms with Gasteiger partial charge in [0.25, 0.3) is 0 Å². The smallest absolute Gasteiger partial charge is 0.0412 e. The molecule has 0 atom stereocenters. The molecule has 0 fully saturated rings. The van der Waals surface area contributed by atoms with Crippen molar-refractivity contribution in [2.24, 2.45) is 0 Å². The fraction of sp³-hybridized carbons (Fsp3) is 1.00. The van der Waals surface area contributed by atoms with E-state index < -0.39 is 0 Å². The molecule has 0 aliphatic carbocycles. The first-order valence-electron chi connectivity index (χ1n) is 2.56. The molecule has 0 amide bonds. The van der Waals surface area contributed by atoms with E-state index in [2.05, 4.69) is 20.0 Å². The molecule has 7 heavy (non-hydrogen) atoms. The maximum absolute atomic E-state index is 2.36. The summed E-state index contributed by atoms with van der Waals surface area (Å²) in [7, 11) is 0.114. The van der Waals surface area contributed by atoms with Crippen molar-refractivity contribution < 1.29 is 36.9 Å². The summed E-state index contributed by atoms with van der Waals surface area (Å²) < 4.78 is 0. The van der Waals surface area contributed by atoms with Crippen LogP contribution in [0.2, 0.25) is 19.1 Å². The molecule has 0 aromatic rings. The SMILES string of the molecule is CCC[Si](C)C.[Tm]. The summed E-state index contributed by atoms with van der Waals surface area (Å²) in [6.07, 6.45) is 1.38. The van der Waals surface area contributed by atoms with Gasteiger partial charge >= 0.3 is 0 Å². The van der Waals surface area contributed by atoms with E-state index in [1.807, 2.05) is 0 Å². The van der Waals surface area contributed by atoms with Crippen LogP contribution >= 0.6 is 0 Å². The Morgan fingerprint density at radius 3 is 1.71 bits per heavy atom. The molecule has 0 aliphatic rings. The van der Waals surface area contributed by atoms with Crippen LogP contribution in [0.1, 0.15) is 13.3 Å². The van der Waals surface area contributed by atoms with Crippen molar-refractivity contribution in [3.05, 3.63) is 0 Å². The topological polar surface area (TPSA) is 0 Å². The Hall–Kier alpha value is 1.45. The van der Waals surface area contributed by atoms with Crippen molar-refractivity contribution >= 4 is 8.80 Å². The monoisotopic (exact) mass is 270 g/mol. The molecule has 0 heterocycles. The van der Waals surface area contributed by atoms with E-state index in [0.29, 0.717) is 0 Å². The van der Waals surface area contributed by atoms with E-state index in [4.69, 9.17) is 0 Å². The molecule has 0 unspecified atom stereocenters. The summed E-state index contributed by atoms with van der Waals surface area (Å²) in [5, 5.41) is 0. The zero-order valence-electron chi connectivity index (χ0n) is 5.19. The predicted octanol–water partition coefficient (Wildman–Crippen LogP) is 2.15.